The number of nitrogens with one attached hydrogen (secondary N) is 1. The van der Waals surface area contributed by atoms with Crippen molar-refractivity contribution in [2.24, 2.45) is 4.99 Å². The van der Waals surface area contributed by atoms with Crippen LogP contribution in [-0.2, 0) is 0 Å². The molecule has 2 aliphatic rings. The number of hydrogen-bond donors (Lipinski definition) is 2. The van der Waals surface area contributed by atoms with Crippen LogP contribution in [0.5, 0.6) is 0 Å². The summed E-state index contributed by atoms with van der Waals surface area (Å²) in [7, 11) is 0. The number of likely N-dealkylation sites (tertiary alicyclic amines) is 1. The number of rotatable bonds is 6. The molecule has 0 spiro atoms. The molecule has 2 aliphatic heterocycles. The van der Waals surface area contributed by atoms with Crippen molar-refractivity contribution in [1.82, 2.24) is 25.1 Å². The highest BCUT2D eigenvalue weighted by atomic mass is 127. The molecule has 3 heterocycles. The lowest BCUT2D eigenvalue weighted by Crippen LogP contribution is -2.53. The van der Waals surface area contributed by atoms with E-state index in [1.165, 1.54) is 0 Å². The summed E-state index contributed by atoms with van der Waals surface area (Å²) in [4.78, 5) is 20.5. The smallest absolute Gasteiger partial charge is 0.225 e. The van der Waals surface area contributed by atoms with Gasteiger partial charge in [0.2, 0.25) is 5.95 Å². The van der Waals surface area contributed by atoms with Crippen LogP contribution in [0, 0.1) is 0 Å². The molecular formula is C19H34IN7O. The van der Waals surface area contributed by atoms with Gasteiger partial charge in [0.1, 0.15) is 0 Å². The molecule has 0 atom stereocenters. The van der Waals surface area contributed by atoms with Crippen LogP contribution in [0.15, 0.2) is 23.5 Å². The maximum Gasteiger partial charge on any atom is 0.225 e. The molecule has 8 nitrogen and oxygen atoms in total. The first kappa shape index (κ1) is 23.1. The van der Waals surface area contributed by atoms with Gasteiger partial charge in [-0.25, -0.2) is 9.97 Å². The molecule has 3 rings (SSSR count). The molecule has 0 saturated carbocycles. The maximum absolute atomic E-state index is 9.59. The lowest BCUT2D eigenvalue weighted by atomic mass is 10.1. The number of halogens is 1. The third-order valence-corrected chi connectivity index (χ3v) is 5.20. The van der Waals surface area contributed by atoms with Crippen molar-refractivity contribution in [2.45, 2.75) is 32.3 Å². The van der Waals surface area contributed by atoms with Gasteiger partial charge >= 0.3 is 0 Å². The van der Waals surface area contributed by atoms with Gasteiger partial charge < -0.3 is 25.1 Å². The highest BCUT2D eigenvalue weighted by Gasteiger charge is 2.21. The second-order valence-corrected chi connectivity index (χ2v) is 7.18. The molecule has 0 radical (unpaired) electrons. The van der Waals surface area contributed by atoms with Gasteiger partial charge in [0.05, 0.1) is 6.10 Å². The number of aliphatic hydroxyl groups is 1. The summed E-state index contributed by atoms with van der Waals surface area (Å²) in [6, 6.07) is 1.85. The number of nitrogens with zero attached hydrogens (tertiary/aromatic N) is 6. The van der Waals surface area contributed by atoms with Gasteiger partial charge in [-0.15, -0.1) is 24.0 Å². The number of piperazine rings is 1. The molecule has 0 aromatic carbocycles. The molecule has 0 bridgehead atoms. The van der Waals surface area contributed by atoms with Crippen LogP contribution >= 0.6 is 24.0 Å². The molecule has 2 fully saturated rings. The van der Waals surface area contributed by atoms with E-state index in [0.717, 1.165) is 90.1 Å². The molecule has 1 aromatic heterocycles. The fourth-order valence-corrected chi connectivity index (χ4v) is 3.62. The minimum atomic E-state index is -0.0976. The normalized spacial score (nSPS) is 19.4. The van der Waals surface area contributed by atoms with Gasteiger partial charge in [-0.3, -0.25) is 4.99 Å². The van der Waals surface area contributed by atoms with Gasteiger partial charge in [-0.05, 0) is 38.8 Å². The van der Waals surface area contributed by atoms with Crippen LogP contribution < -0.4 is 10.2 Å². The van der Waals surface area contributed by atoms with Crippen molar-refractivity contribution in [1.29, 1.82) is 0 Å². The third-order valence-electron chi connectivity index (χ3n) is 5.20. The summed E-state index contributed by atoms with van der Waals surface area (Å²) in [5, 5.41) is 13.0. The maximum atomic E-state index is 9.59. The molecule has 158 valence electrons. The zero-order chi connectivity index (χ0) is 18.9. The Labute approximate surface area is 185 Å². The highest BCUT2D eigenvalue weighted by molar-refractivity contribution is 14.0. The topological polar surface area (TPSA) is 80.1 Å². The Morgan fingerprint density at radius 2 is 1.82 bits per heavy atom. The average molecular weight is 503 g/mol. The van der Waals surface area contributed by atoms with E-state index >= 15 is 0 Å². The van der Waals surface area contributed by atoms with Crippen LogP contribution in [0.4, 0.5) is 5.95 Å². The van der Waals surface area contributed by atoms with Gasteiger partial charge in [0.25, 0.3) is 0 Å². The van der Waals surface area contributed by atoms with Crippen LogP contribution in [0.25, 0.3) is 0 Å². The first-order chi connectivity index (χ1) is 13.3. The van der Waals surface area contributed by atoms with Crippen molar-refractivity contribution >= 4 is 35.9 Å². The second kappa shape index (κ2) is 12.4. The highest BCUT2D eigenvalue weighted by Crippen LogP contribution is 2.11. The van der Waals surface area contributed by atoms with Crippen LogP contribution in [0.3, 0.4) is 0 Å². The monoisotopic (exact) mass is 503 g/mol. The summed E-state index contributed by atoms with van der Waals surface area (Å²) in [6.07, 6.45) is 6.36. The van der Waals surface area contributed by atoms with Gasteiger partial charge in [-0.2, -0.15) is 0 Å². The number of piperidine rings is 1. The zero-order valence-electron chi connectivity index (χ0n) is 16.8. The van der Waals surface area contributed by atoms with Crippen molar-refractivity contribution in [3.63, 3.8) is 0 Å². The fraction of sp³-hybridized carbons (Fsp3) is 0.737. The minimum absolute atomic E-state index is 0. The molecule has 9 heteroatoms. The Morgan fingerprint density at radius 1 is 1.14 bits per heavy atom. The van der Waals surface area contributed by atoms with E-state index in [4.69, 9.17) is 4.99 Å². The first-order valence-electron chi connectivity index (χ1n) is 10.2. The first-order valence-corrected chi connectivity index (χ1v) is 10.2. The van der Waals surface area contributed by atoms with Crippen LogP contribution in [0.2, 0.25) is 0 Å². The molecule has 0 amide bonds. The summed E-state index contributed by atoms with van der Waals surface area (Å²) in [5.41, 5.74) is 0. The molecule has 2 N–H and O–H groups in total. The predicted octanol–water partition coefficient (Wildman–Crippen LogP) is 1.03. The number of aliphatic imine (C=N–C) groups is 1. The van der Waals surface area contributed by atoms with Crippen molar-refractivity contribution < 1.29 is 5.11 Å². The van der Waals surface area contributed by atoms with E-state index in [-0.39, 0.29) is 30.1 Å². The lowest BCUT2D eigenvalue weighted by molar-refractivity contribution is 0.0824. The summed E-state index contributed by atoms with van der Waals surface area (Å²) in [5.74, 6) is 1.82. The number of aromatic nitrogens is 2. The average Bonchev–Trinajstić information content (AvgIpc) is 2.72. The second-order valence-electron chi connectivity index (χ2n) is 7.18. The quantitative estimate of drug-likeness (QED) is 0.260. The molecule has 2 saturated heterocycles. The number of hydrogen-bond acceptors (Lipinski definition) is 6. The molecule has 28 heavy (non-hydrogen) atoms. The van der Waals surface area contributed by atoms with Crippen molar-refractivity contribution in [3.05, 3.63) is 18.5 Å². The van der Waals surface area contributed by atoms with Crippen LogP contribution in [0.1, 0.15) is 26.2 Å². The Hall–Kier alpha value is -1.20. The predicted molar refractivity (Wildman–Crippen MR) is 124 cm³/mol. The number of guanidine groups is 1. The van der Waals surface area contributed by atoms with Gasteiger partial charge in [0.15, 0.2) is 5.96 Å². The summed E-state index contributed by atoms with van der Waals surface area (Å²) >= 11 is 0. The van der Waals surface area contributed by atoms with Gasteiger partial charge in [0, 0.05) is 64.8 Å². The fourth-order valence-electron chi connectivity index (χ4n) is 3.62. The molecule has 0 unspecified atom stereocenters. The van der Waals surface area contributed by atoms with E-state index in [0.29, 0.717) is 0 Å². The Balaban J connectivity index is 0.00000280. The minimum Gasteiger partial charge on any atom is -0.393 e. The van der Waals surface area contributed by atoms with E-state index in [1.807, 2.05) is 6.07 Å². The van der Waals surface area contributed by atoms with Gasteiger partial charge in [-0.1, -0.05) is 0 Å². The van der Waals surface area contributed by atoms with E-state index in [2.05, 4.69) is 36.9 Å². The molecule has 1 aromatic rings. The Bertz CT molecular complexity index is 573. The van der Waals surface area contributed by atoms with E-state index in [1.54, 1.807) is 12.4 Å². The zero-order valence-corrected chi connectivity index (χ0v) is 19.2. The molecular weight excluding hydrogens is 469 g/mol. The summed E-state index contributed by atoms with van der Waals surface area (Å²) in [6.45, 7) is 10.6. The third kappa shape index (κ3) is 7.00. The largest absolute Gasteiger partial charge is 0.393 e. The number of anilines is 1. The van der Waals surface area contributed by atoms with Crippen molar-refractivity contribution in [2.75, 3.05) is 63.8 Å². The molecule has 0 aliphatic carbocycles. The van der Waals surface area contributed by atoms with E-state index < -0.39 is 0 Å². The van der Waals surface area contributed by atoms with E-state index in [9.17, 15) is 5.11 Å². The lowest BCUT2D eigenvalue weighted by Gasteiger charge is -2.36. The summed E-state index contributed by atoms with van der Waals surface area (Å²) < 4.78 is 0. The standard InChI is InChI=1S/C19H33N7O.HI/c1-2-20-18(23-9-4-10-24-11-5-17(27)6-12-24)25-13-15-26(16-14-25)19-21-7-3-8-22-19;/h3,7-8,17,27H,2,4-6,9-16H2,1H3,(H,20,23);1H. The Morgan fingerprint density at radius 3 is 2.46 bits per heavy atom. The van der Waals surface area contributed by atoms with Crippen molar-refractivity contribution in [3.8, 4) is 0 Å². The number of aliphatic hydroxyl groups excluding tert-OH is 1. The SMILES string of the molecule is CCNC(=NCCCN1CCC(O)CC1)N1CCN(c2ncccn2)CC1.I. The van der Waals surface area contributed by atoms with Crippen LogP contribution in [-0.4, -0.2) is 95.8 Å². The Kier molecular flexibility index (Phi) is 10.2.